The number of nitrogens with zero attached hydrogens (tertiary/aromatic N) is 5. The monoisotopic (exact) mass is 248 g/mol. The molecule has 18 heavy (non-hydrogen) atoms. The average Bonchev–Trinajstić information content (AvgIpc) is 2.61. The summed E-state index contributed by atoms with van der Waals surface area (Å²) in [6.07, 6.45) is 2.66. The van der Waals surface area contributed by atoms with Crippen molar-refractivity contribution in [3.05, 3.63) is 12.0 Å². The van der Waals surface area contributed by atoms with Gasteiger partial charge < -0.3 is 10.2 Å². The van der Waals surface area contributed by atoms with Crippen molar-refractivity contribution in [3.8, 4) is 0 Å². The summed E-state index contributed by atoms with van der Waals surface area (Å²) in [5.74, 6) is 0.879. The molecule has 6 heteroatoms. The number of aromatic nitrogens is 4. The van der Waals surface area contributed by atoms with Crippen LogP contribution in [0.5, 0.6) is 0 Å². The third kappa shape index (κ3) is 2.59. The second-order valence-corrected chi connectivity index (χ2v) is 4.71. The number of hydrogen-bond acceptors (Lipinski definition) is 5. The zero-order chi connectivity index (χ0) is 13.1. The summed E-state index contributed by atoms with van der Waals surface area (Å²) >= 11 is 0. The van der Waals surface area contributed by atoms with Crippen molar-refractivity contribution in [2.24, 2.45) is 7.05 Å². The smallest absolute Gasteiger partial charge is 0.163 e. The Morgan fingerprint density at radius 3 is 2.83 bits per heavy atom. The maximum Gasteiger partial charge on any atom is 0.163 e. The summed E-state index contributed by atoms with van der Waals surface area (Å²) in [7, 11) is 6.06. The van der Waals surface area contributed by atoms with Gasteiger partial charge in [-0.1, -0.05) is 0 Å². The van der Waals surface area contributed by atoms with Crippen LogP contribution >= 0.6 is 0 Å². The number of aryl methyl sites for hydroxylation is 2. The summed E-state index contributed by atoms with van der Waals surface area (Å²) in [6.45, 7) is 3.95. The number of fused-ring (bicyclic) bond motifs is 1. The Kier molecular flexibility index (Phi) is 3.76. The van der Waals surface area contributed by atoms with Gasteiger partial charge in [0.15, 0.2) is 5.65 Å². The zero-order valence-corrected chi connectivity index (χ0v) is 11.4. The Hall–Kier alpha value is -1.69. The Morgan fingerprint density at radius 1 is 1.33 bits per heavy atom. The van der Waals surface area contributed by atoms with E-state index in [0.29, 0.717) is 0 Å². The van der Waals surface area contributed by atoms with Crippen molar-refractivity contribution in [1.29, 1.82) is 0 Å². The van der Waals surface area contributed by atoms with Crippen LogP contribution in [0.1, 0.15) is 12.1 Å². The van der Waals surface area contributed by atoms with Gasteiger partial charge >= 0.3 is 0 Å². The average molecular weight is 248 g/mol. The molecule has 0 aromatic carbocycles. The highest BCUT2D eigenvalue weighted by molar-refractivity contribution is 5.88. The Morgan fingerprint density at radius 2 is 2.11 bits per heavy atom. The van der Waals surface area contributed by atoms with Crippen molar-refractivity contribution in [1.82, 2.24) is 24.6 Å². The topological polar surface area (TPSA) is 58.9 Å². The summed E-state index contributed by atoms with van der Waals surface area (Å²) in [5, 5.41) is 8.76. The van der Waals surface area contributed by atoms with Crippen LogP contribution < -0.4 is 5.32 Å². The second-order valence-electron chi connectivity index (χ2n) is 4.71. The van der Waals surface area contributed by atoms with Gasteiger partial charge in [0.25, 0.3) is 0 Å². The quantitative estimate of drug-likeness (QED) is 0.801. The molecular weight excluding hydrogens is 228 g/mol. The molecular formula is C12H20N6. The number of hydrogen-bond donors (Lipinski definition) is 1. The van der Waals surface area contributed by atoms with Gasteiger partial charge in [0, 0.05) is 13.6 Å². The summed E-state index contributed by atoms with van der Waals surface area (Å²) in [6, 6.07) is 0. The summed E-state index contributed by atoms with van der Waals surface area (Å²) < 4.78 is 1.79. The molecule has 0 spiro atoms. The molecule has 0 amide bonds. The molecule has 98 valence electrons. The van der Waals surface area contributed by atoms with Gasteiger partial charge in [-0.25, -0.2) is 9.97 Å². The molecule has 0 aliphatic rings. The standard InChI is InChI=1S/C12H20N6/c1-9-10-11(13-6-5-7-17(2)3)14-8-15-12(10)18(4)16-9/h8H,5-7H2,1-4H3,(H,13,14,15). The molecule has 1 N–H and O–H groups in total. The van der Waals surface area contributed by atoms with Crippen LogP contribution in [0.25, 0.3) is 11.0 Å². The molecule has 0 aliphatic heterocycles. The lowest BCUT2D eigenvalue weighted by Crippen LogP contribution is -2.16. The van der Waals surface area contributed by atoms with Crippen LogP contribution in [0.3, 0.4) is 0 Å². The predicted molar refractivity (Wildman–Crippen MR) is 72.7 cm³/mol. The van der Waals surface area contributed by atoms with E-state index in [4.69, 9.17) is 0 Å². The molecule has 0 saturated carbocycles. The minimum absolute atomic E-state index is 0.873. The molecule has 2 aromatic rings. The van der Waals surface area contributed by atoms with E-state index >= 15 is 0 Å². The molecule has 0 aliphatic carbocycles. The van der Waals surface area contributed by atoms with Crippen molar-refractivity contribution < 1.29 is 0 Å². The second kappa shape index (κ2) is 5.30. The lowest BCUT2D eigenvalue weighted by Gasteiger charge is -2.10. The first kappa shape index (κ1) is 12.8. The normalized spacial score (nSPS) is 11.4. The van der Waals surface area contributed by atoms with E-state index in [9.17, 15) is 0 Å². The van der Waals surface area contributed by atoms with Crippen LogP contribution in [-0.4, -0.2) is 51.8 Å². The van der Waals surface area contributed by atoms with Gasteiger partial charge in [0.05, 0.1) is 11.1 Å². The van der Waals surface area contributed by atoms with Crippen LogP contribution in [-0.2, 0) is 7.05 Å². The molecule has 0 bridgehead atoms. The summed E-state index contributed by atoms with van der Waals surface area (Å²) in [5.41, 5.74) is 1.83. The molecule has 0 saturated heterocycles. The minimum atomic E-state index is 0.873. The van der Waals surface area contributed by atoms with Gasteiger partial charge in [0.2, 0.25) is 0 Å². The molecule has 0 fully saturated rings. The van der Waals surface area contributed by atoms with Crippen molar-refractivity contribution in [2.75, 3.05) is 32.5 Å². The molecule has 0 unspecified atom stereocenters. The fraction of sp³-hybridized carbons (Fsp3) is 0.583. The Labute approximate surface area is 107 Å². The van der Waals surface area contributed by atoms with Crippen LogP contribution in [0.15, 0.2) is 6.33 Å². The molecule has 2 aromatic heterocycles. The lowest BCUT2D eigenvalue weighted by molar-refractivity contribution is 0.405. The number of rotatable bonds is 5. The maximum atomic E-state index is 4.37. The highest BCUT2D eigenvalue weighted by Gasteiger charge is 2.11. The van der Waals surface area contributed by atoms with Crippen molar-refractivity contribution >= 4 is 16.9 Å². The van der Waals surface area contributed by atoms with Crippen molar-refractivity contribution in [2.45, 2.75) is 13.3 Å². The SMILES string of the molecule is Cc1nn(C)c2ncnc(NCCCN(C)C)c12. The first-order valence-corrected chi connectivity index (χ1v) is 6.12. The largest absolute Gasteiger partial charge is 0.369 e. The highest BCUT2D eigenvalue weighted by atomic mass is 15.3. The first-order chi connectivity index (χ1) is 8.59. The van der Waals surface area contributed by atoms with E-state index in [1.807, 2.05) is 14.0 Å². The van der Waals surface area contributed by atoms with Gasteiger partial charge in [-0.3, -0.25) is 4.68 Å². The van der Waals surface area contributed by atoms with E-state index in [1.54, 1.807) is 11.0 Å². The van der Waals surface area contributed by atoms with Gasteiger partial charge in [0.1, 0.15) is 12.1 Å². The summed E-state index contributed by atoms with van der Waals surface area (Å²) in [4.78, 5) is 10.7. The zero-order valence-electron chi connectivity index (χ0n) is 11.4. The van der Waals surface area contributed by atoms with Crippen LogP contribution in [0, 0.1) is 6.92 Å². The third-order valence-electron chi connectivity index (χ3n) is 2.87. The minimum Gasteiger partial charge on any atom is -0.369 e. The maximum absolute atomic E-state index is 4.37. The fourth-order valence-corrected chi connectivity index (χ4v) is 2.01. The van der Waals surface area contributed by atoms with Crippen LogP contribution in [0.4, 0.5) is 5.82 Å². The van der Waals surface area contributed by atoms with Gasteiger partial charge in [-0.05, 0) is 34.0 Å². The van der Waals surface area contributed by atoms with E-state index in [1.165, 1.54) is 0 Å². The fourth-order valence-electron chi connectivity index (χ4n) is 2.01. The van der Waals surface area contributed by atoms with E-state index in [2.05, 4.69) is 39.4 Å². The molecule has 0 radical (unpaired) electrons. The van der Waals surface area contributed by atoms with E-state index in [0.717, 1.165) is 42.1 Å². The highest BCUT2D eigenvalue weighted by Crippen LogP contribution is 2.21. The van der Waals surface area contributed by atoms with E-state index in [-0.39, 0.29) is 0 Å². The van der Waals surface area contributed by atoms with Crippen molar-refractivity contribution in [3.63, 3.8) is 0 Å². The molecule has 2 heterocycles. The first-order valence-electron chi connectivity index (χ1n) is 6.12. The Bertz CT molecular complexity index is 531. The molecule has 2 rings (SSSR count). The number of anilines is 1. The number of nitrogens with one attached hydrogen (secondary N) is 1. The third-order valence-corrected chi connectivity index (χ3v) is 2.87. The molecule has 6 nitrogen and oxygen atoms in total. The van der Waals surface area contributed by atoms with Gasteiger partial charge in [-0.15, -0.1) is 0 Å². The lowest BCUT2D eigenvalue weighted by atomic mass is 10.3. The van der Waals surface area contributed by atoms with Crippen LogP contribution in [0.2, 0.25) is 0 Å². The Balaban J connectivity index is 2.13. The predicted octanol–water partition coefficient (Wildman–Crippen LogP) is 1.04. The van der Waals surface area contributed by atoms with Gasteiger partial charge in [-0.2, -0.15) is 5.10 Å². The van der Waals surface area contributed by atoms with E-state index < -0.39 is 0 Å². The molecule has 0 atom stereocenters.